The molecule has 70 valence electrons. The summed E-state index contributed by atoms with van der Waals surface area (Å²) in [6, 6.07) is 0.344. The Labute approximate surface area is 76.8 Å². The highest BCUT2D eigenvalue weighted by Gasteiger charge is 2.20. The minimum Gasteiger partial charge on any atom is -0.377 e. The zero-order valence-electron chi connectivity index (χ0n) is 7.55. The van der Waals surface area contributed by atoms with Crippen LogP contribution in [0.4, 0.5) is 5.95 Å². The van der Waals surface area contributed by atoms with Crippen LogP contribution in [0.15, 0.2) is 12.7 Å². The van der Waals surface area contributed by atoms with Crippen LogP contribution in [0.5, 0.6) is 0 Å². The molecule has 0 radical (unpaired) electrons. The monoisotopic (exact) mass is 180 g/mol. The Morgan fingerprint density at radius 2 is 2.23 bits per heavy atom. The van der Waals surface area contributed by atoms with Crippen molar-refractivity contribution < 1.29 is 4.74 Å². The summed E-state index contributed by atoms with van der Waals surface area (Å²) in [5.74, 6) is 0.741. The van der Waals surface area contributed by atoms with E-state index in [0.29, 0.717) is 6.04 Å². The molecule has 0 unspecified atom stereocenters. The van der Waals surface area contributed by atoms with Gasteiger partial charge in [0.15, 0.2) is 0 Å². The maximum atomic E-state index is 5.32. The molecule has 0 aliphatic carbocycles. The second-order valence-corrected chi connectivity index (χ2v) is 3.06. The molecule has 0 spiro atoms. The lowest BCUT2D eigenvalue weighted by atomic mass is 10.3. The Bertz CT molecular complexity index is 266. The van der Waals surface area contributed by atoms with Gasteiger partial charge in [0.25, 0.3) is 0 Å². The fourth-order valence-electron chi connectivity index (χ4n) is 1.41. The van der Waals surface area contributed by atoms with Gasteiger partial charge in [-0.2, -0.15) is 0 Å². The van der Waals surface area contributed by atoms with Gasteiger partial charge in [-0.25, -0.2) is 15.0 Å². The van der Waals surface area contributed by atoms with Gasteiger partial charge < -0.3 is 9.64 Å². The fraction of sp³-hybridized carbons (Fsp3) is 0.625. The first-order valence-corrected chi connectivity index (χ1v) is 4.34. The van der Waals surface area contributed by atoms with Gasteiger partial charge in [0, 0.05) is 6.54 Å². The van der Waals surface area contributed by atoms with E-state index in [1.165, 1.54) is 12.7 Å². The van der Waals surface area contributed by atoms with Crippen LogP contribution < -0.4 is 4.90 Å². The van der Waals surface area contributed by atoms with Crippen molar-refractivity contribution in [2.45, 2.75) is 13.0 Å². The van der Waals surface area contributed by atoms with Crippen molar-refractivity contribution in [2.24, 2.45) is 0 Å². The van der Waals surface area contributed by atoms with Crippen molar-refractivity contribution >= 4 is 5.95 Å². The standard InChI is InChI=1S/C8H12N4O/c1-7-4-13-3-2-12(7)8-10-5-9-6-11-8/h5-7H,2-4H2,1H3/t7-/m0/s1. The molecule has 1 aliphatic rings. The van der Waals surface area contributed by atoms with E-state index in [1.807, 2.05) is 0 Å². The Morgan fingerprint density at radius 3 is 2.92 bits per heavy atom. The SMILES string of the molecule is C[C@H]1COCCN1c1ncncn1. The molecule has 1 atom stereocenters. The van der Waals surface area contributed by atoms with Crippen molar-refractivity contribution in [1.82, 2.24) is 15.0 Å². The van der Waals surface area contributed by atoms with Gasteiger partial charge in [0.05, 0.1) is 19.3 Å². The van der Waals surface area contributed by atoms with Gasteiger partial charge in [-0.05, 0) is 6.92 Å². The molecule has 5 heteroatoms. The molecule has 0 N–H and O–H groups in total. The van der Waals surface area contributed by atoms with Crippen LogP contribution in [0, 0.1) is 0 Å². The van der Waals surface area contributed by atoms with Crippen LogP contribution in [0.1, 0.15) is 6.92 Å². The number of anilines is 1. The molecule has 2 rings (SSSR count). The number of hydrogen-bond donors (Lipinski definition) is 0. The molecule has 0 bridgehead atoms. The van der Waals surface area contributed by atoms with E-state index in [0.717, 1.165) is 25.7 Å². The Kier molecular flexibility index (Phi) is 2.35. The van der Waals surface area contributed by atoms with Gasteiger partial charge in [-0.1, -0.05) is 0 Å². The molecule has 1 saturated heterocycles. The van der Waals surface area contributed by atoms with Crippen LogP contribution in [0.25, 0.3) is 0 Å². The fourth-order valence-corrected chi connectivity index (χ4v) is 1.41. The number of rotatable bonds is 1. The van der Waals surface area contributed by atoms with E-state index in [4.69, 9.17) is 4.74 Å². The smallest absolute Gasteiger partial charge is 0.228 e. The zero-order valence-corrected chi connectivity index (χ0v) is 7.55. The van der Waals surface area contributed by atoms with Crippen molar-refractivity contribution in [1.29, 1.82) is 0 Å². The molecule has 1 aliphatic heterocycles. The summed E-state index contributed by atoms with van der Waals surface area (Å²) in [6.45, 7) is 4.44. The van der Waals surface area contributed by atoms with Crippen LogP contribution in [-0.4, -0.2) is 40.8 Å². The highest BCUT2D eigenvalue weighted by atomic mass is 16.5. The van der Waals surface area contributed by atoms with Crippen LogP contribution >= 0.6 is 0 Å². The number of aromatic nitrogens is 3. The summed E-state index contributed by atoms with van der Waals surface area (Å²) in [4.78, 5) is 14.1. The van der Waals surface area contributed by atoms with Crippen LogP contribution in [0.3, 0.4) is 0 Å². The summed E-state index contributed by atoms with van der Waals surface area (Å²) < 4.78 is 5.32. The molecule has 1 aromatic heterocycles. The second kappa shape index (κ2) is 3.66. The predicted octanol–water partition coefficient (Wildman–Crippen LogP) is 0.0967. The van der Waals surface area contributed by atoms with Crippen molar-refractivity contribution in [3.63, 3.8) is 0 Å². The van der Waals surface area contributed by atoms with Gasteiger partial charge in [-0.3, -0.25) is 0 Å². The second-order valence-electron chi connectivity index (χ2n) is 3.06. The summed E-state index contributed by atoms with van der Waals surface area (Å²) >= 11 is 0. The van der Waals surface area contributed by atoms with E-state index < -0.39 is 0 Å². The van der Waals surface area contributed by atoms with E-state index >= 15 is 0 Å². The number of hydrogen-bond acceptors (Lipinski definition) is 5. The largest absolute Gasteiger partial charge is 0.377 e. The van der Waals surface area contributed by atoms with E-state index in [1.54, 1.807) is 0 Å². The van der Waals surface area contributed by atoms with Gasteiger partial charge in [0.1, 0.15) is 12.7 Å². The minimum atomic E-state index is 0.344. The number of ether oxygens (including phenoxy) is 1. The van der Waals surface area contributed by atoms with Crippen LogP contribution in [-0.2, 0) is 4.74 Å². The number of nitrogens with zero attached hydrogens (tertiary/aromatic N) is 4. The van der Waals surface area contributed by atoms with E-state index in [-0.39, 0.29) is 0 Å². The minimum absolute atomic E-state index is 0.344. The molecule has 1 fully saturated rings. The highest BCUT2D eigenvalue weighted by Crippen LogP contribution is 2.12. The van der Waals surface area contributed by atoms with Crippen LogP contribution in [0.2, 0.25) is 0 Å². The molecule has 0 aromatic carbocycles. The van der Waals surface area contributed by atoms with Crippen molar-refractivity contribution in [2.75, 3.05) is 24.7 Å². The molecule has 0 saturated carbocycles. The first-order valence-electron chi connectivity index (χ1n) is 4.34. The zero-order chi connectivity index (χ0) is 9.10. The summed E-state index contributed by atoms with van der Waals surface area (Å²) in [5.41, 5.74) is 0. The first-order chi connectivity index (χ1) is 6.38. The van der Waals surface area contributed by atoms with Crippen molar-refractivity contribution in [3.05, 3.63) is 12.7 Å². The Morgan fingerprint density at radius 1 is 1.46 bits per heavy atom. The van der Waals surface area contributed by atoms with Gasteiger partial charge >= 0.3 is 0 Å². The lowest BCUT2D eigenvalue weighted by Gasteiger charge is -2.32. The lowest BCUT2D eigenvalue weighted by Crippen LogP contribution is -2.44. The summed E-state index contributed by atoms with van der Waals surface area (Å²) in [5, 5.41) is 0. The third kappa shape index (κ3) is 1.75. The molecule has 1 aromatic rings. The lowest BCUT2D eigenvalue weighted by molar-refractivity contribution is 0.0980. The molecule has 5 nitrogen and oxygen atoms in total. The molecule has 0 amide bonds. The predicted molar refractivity (Wildman–Crippen MR) is 47.5 cm³/mol. The average Bonchev–Trinajstić information content (AvgIpc) is 2.20. The van der Waals surface area contributed by atoms with Gasteiger partial charge in [-0.15, -0.1) is 0 Å². The highest BCUT2D eigenvalue weighted by molar-refractivity contribution is 5.29. The topological polar surface area (TPSA) is 51.1 Å². The maximum absolute atomic E-state index is 5.32. The third-order valence-electron chi connectivity index (χ3n) is 2.10. The normalized spacial score (nSPS) is 23.2. The average molecular weight is 180 g/mol. The molecule has 13 heavy (non-hydrogen) atoms. The van der Waals surface area contributed by atoms with E-state index in [9.17, 15) is 0 Å². The van der Waals surface area contributed by atoms with E-state index in [2.05, 4.69) is 26.8 Å². The summed E-state index contributed by atoms with van der Waals surface area (Å²) in [6.07, 6.45) is 3.04. The molecule has 2 heterocycles. The Hall–Kier alpha value is -1.23. The third-order valence-corrected chi connectivity index (χ3v) is 2.10. The quantitative estimate of drug-likeness (QED) is 0.613. The Balaban J connectivity index is 2.15. The molecular formula is C8H12N4O. The first kappa shape index (κ1) is 8.37. The molecular weight excluding hydrogens is 168 g/mol. The summed E-state index contributed by atoms with van der Waals surface area (Å²) in [7, 11) is 0. The van der Waals surface area contributed by atoms with Crippen molar-refractivity contribution in [3.8, 4) is 0 Å². The van der Waals surface area contributed by atoms with Gasteiger partial charge in [0.2, 0.25) is 5.95 Å². The maximum Gasteiger partial charge on any atom is 0.228 e. The number of morpholine rings is 1.